The molecule has 3 nitrogen and oxygen atoms in total. The summed E-state index contributed by atoms with van der Waals surface area (Å²) in [7, 11) is 1.35. The van der Waals surface area contributed by atoms with Crippen molar-refractivity contribution < 1.29 is 18.7 Å². The van der Waals surface area contributed by atoms with Crippen LogP contribution in [-0.4, -0.2) is 19.9 Å². The molecule has 0 N–H and O–H groups in total. The summed E-state index contributed by atoms with van der Waals surface area (Å²) in [6.45, 7) is -0.944. The van der Waals surface area contributed by atoms with Gasteiger partial charge in [-0.3, -0.25) is 0 Å². The van der Waals surface area contributed by atoms with Crippen LogP contribution in [0, 0.1) is 17.8 Å². The molecule has 0 amide bonds. The highest BCUT2D eigenvalue weighted by Crippen LogP contribution is 2.60. The summed E-state index contributed by atoms with van der Waals surface area (Å²) < 4.78 is 22.4. The fourth-order valence-corrected chi connectivity index (χ4v) is 5.78. The molecule has 4 aliphatic carbocycles. The molecule has 4 heteroatoms. The Morgan fingerprint density at radius 1 is 1.17 bits per heavy atom. The normalized spacial score (nSPS) is 34.4. The van der Waals surface area contributed by atoms with E-state index in [0.717, 1.165) is 17.8 Å². The summed E-state index contributed by atoms with van der Waals surface area (Å²) in [6, 6.07) is 5.66. The Labute approximate surface area is 136 Å². The molecule has 1 aromatic carbocycles. The maximum atomic E-state index is 12.6. The van der Waals surface area contributed by atoms with Crippen LogP contribution in [0.4, 0.5) is 4.39 Å². The molecule has 4 fully saturated rings. The Morgan fingerprint density at radius 3 is 2.30 bits per heavy atom. The molecule has 5 rings (SSSR count). The molecule has 0 atom stereocenters. The smallest absolute Gasteiger partial charge is 0.341 e. The highest BCUT2D eigenvalue weighted by molar-refractivity contribution is 5.92. The third-order valence-corrected chi connectivity index (χ3v) is 6.25. The second-order valence-electron chi connectivity index (χ2n) is 7.65. The lowest BCUT2D eigenvalue weighted by molar-refractivity contribution is -0.00525. The van der Waals surface area contributed by atoms with Crippen molar-refractivity contribution in [1.82, 2.24) is 0 Å². The zero-order valence-electron chi connectivity index (χ0n) is 13.5. The largest absolute Gasteiger partial charge is 0.465 e. The van der Waals surface area contributed by atoms with Gasteiger partial charge in [0.2, 0.25) is 6.86 Å². The van der Waals surface area contributed by atoms with E-state index in [1.54, 1.807) is 6.07 Å². The minimum Gasteiger partial charge on any atom is -0.465 e. The molecule has 0 heterocycles. The third kappa shape index (κ3) is 2.43. The molecule has 4 aliphatic rings. The van der Waals surface area contributed by atoms with Crippen LogP contribution in [0.1, 0.15) is 54.4 Å². The number of hydrogen-bond donors (Lipinski definition) is 0. The van der Waals surface area contributed by atoms with Gasteiger partial charge < -0.3 is 9.47 Å². The standard InChI is InChI=1S/C19H23FO3/c1-22-18(21)16-7-15(2-3-17(16)23-11-20)19-8-12-4-13(9-19)6-14(5-12)10-19/h2-3,7,12-14H,4-6,8-11H2,1H3. The molecule has 4 bridgehead atoms. The number of carbonyl (C=O) groups is 1. The Kier molecular flexibility index (Phi) is 3.58. The van der Waals surface area contributed by atoms with E-state index in [0.29, 0.717) is 5.56 Å². The first-order valence-corrected chi connectivity index (χ1v) is 8.55. The predicted octanol–water partition coefficient (Wildman–Crippen LogP) is 4.25. The van der Waals surface area contributed by atoms with Crippen LogP contribution >= 0.6 is 0 Å². The molecular weight excluding hydrogens is 295 g/mol. The molecule has 0 aliphatic heterocycles. The topological polar surface area (TPSA) is 35.5 Å². The van der Waals surface area contributed by atoms with Gasteiger partial charge in [0.25, 0.3) is 0 Å². The molecule has 0 unspecified atom stereocenters. The zero-order chi connectivity index (χ0) is 16.0. The van der Waals surface area contributed by atoms with Gasteiger partial charge in [-0.25, -0.2) is 9.18 Å². The Bertz CT molecular complexity index is 590. The molecule has 4 saturated carbocycles. The maximum absolute atomic E-state index is 12.6. The van der Waals surface area contributed by atoms with Crippen molar-refractivity contribution in [2.45, 2.75) is 43.9 Å². The van der Waals surface area contributed by atoms with Gasteiger partial charge >= 0.3 is 5.97 Å². The molecule has 124 valence electrons. The number of rotatable bonds is 4. The van der Waals surface area contributed by atoms with Gasteiger partial charge in [-0.1, -0.05) is 6.07 Å². The first-order valence-electron chi connectivity index (χ1n) is 8.55. The lowest BCUT2D eigenvalue weighted by Gasteiger charge is -2.57. The molecule has 0 aromatic heterocycles. The predicted molar refractivity (Wildman–Crippen MR) is 84.2 cm³/mol. The van der Waals surface area contributed by atoms with Crippen molar-refractivity contribution in [2.24, 2.45) is 17.8 Å². The Morgan fingerprint density at radius 2 is 1.78 bits per heavy atom. The number of hydrogen-bond acceptors (Lipinski definition) is 3. The lowest BCUT2D eigenvalue weighted by atomic mass is 9.48. The SMILES string of the molecule is COC(=O)c1cc(C23CC4CC(CC(C4)C2)C3)ccc1OCF. The first kappa shape index (κ1) is 15.0. The van der Waals surface area contributed by atoms with Gasteiger partial charge in [-0.15, -0.1) is 0 Å². The van der Waals surface area contributed by atoms with Crippen molar-refractivity contribution in [3.63, 3.8) is 0 Å². The number of alkyl halides is 1. The Balaban J connectivity index is 1.73. The van der Waals surface area contributed by atoms with Crippen LogP contribution < -0.4 is 4.74 Å². The van der Waals surface area contributed by atoms with E-state index in [4.69, 9.17) is 9.47 Å². The fraction of sp³-hybridized carbons (Fsp3) is 0.632. The summed E-state index contributed by atoms with van der Waals surface area (Å²) in [6.07, 6.45) is 7.82. The number of methoxy groups -OCH3 is 1. The van der Waals surface area contributed by atoms with Crippen LogP contribution in [0.3, 0.4) is 0 Å². The summed E-state index contributed by atoms with van der Waals surface area (Å²) in [5, 5.41) is 0. The monoisotopic (exact) mass is 318 g/mol. The van der Waals surface area contributed by atoms with Crippen LogP contribution in [0.15, 0.2) is 18.2 Å². The van der Waals surface area contributed by atoms with Crippen molar-refractivity contribution in [3.05, 3.63) is 29.3 Å². The first-order chi connectivity index (χ1) is 11.1. The van der Waals surface area contributed by atoms with Crippen molar-refractivity contribution in [1.29, 1.82) is 0 Å². The quantitative estimate of drug-likeness (QED) is 0.779. The number of halogens is 1. The van der Waals surface area contributed by atoms with Crippen LogP contribution in [0.25, 0.3) is 0 Å². The molecular formula is C19H23FO3. The second kappa shape index (κ2) is 5.50. The number of benzene rings is 1. The summed E-state index contributed by atoms with van der Waals surface area (Å²) in [4.78, 5) is 12.1. The van der Waals surface area contributed by atoms with Crippen molar-refractivity contribution in [3.8, 4) is 5.75 Å². The second-order valence-corrected chi connectivity index (χ2v) is 7.65. The molecule has 23 heavy (non-hydrogen) atoms. The van der Waals surface area contributed by atoms with Gasteiger partial charge in [0.05, 0.1) is 7.11 Å². The highest BCUT2D eigenvalue weighted by Gasteiger charge is 2.51. The van der Waals surface area contributed by atoms with E-state index >= 15 is 0 Å². The van der Waals surface area contributed by atoms with E-state index in [2.05, 4.69) is 0 Å². The van der Waals surface area contributed by atoms with Gasteiger partial charge in [0.1, 0.15) is 11.3 Å². The van der Waals surface area contributed by atoms with Gasteiger partial charge in [-0.05, 0) is 79.4 Å². The highest BCUT2D eigenvalue weighted by atomic mass is 19.1. The maximum Gasteiger partial charge on any atom is 0.341 e. The number of esters is 1. The van der Waals surface area contributed by atoms with E-state index in [-0.39, 0.29) is 11.2 Å². The number of carbonyl (C=O) groups excluding carboxylic acids is 1. The summed E-state index contributed by atoms with van der Waals surface area (Å²) in [5.74, 6) is 2.33. The lowest BCUT2D eigenvalue weighted by Crippen LogP contribution is -2.48. The average molecular weight is 318 g/mol. The molecule has 1 aromatic rings. The van der Waals surface area contributed by atoms with Gasteiger partial charge in [0.15, 0.2) is 0 Å². The van der Waals surface area contributed by atoms with Gasteiger partial charge in [0, 0.05) is 0 Å². The van der Waals surface area contributed by atoms with E-state index in [1.807, 2.05) is 12.1 Å². The molecule has 0 spiro atoms. The minimum absolute atomic E-state index is 0.200. The minimum atomic E-state index is -0.944. The van der Waals surface area contributed by atoms with Crippen LogP contribution in [0.2, 0.25) is 0 Å². The summed E-state index contributed by atoms with van der Waals surface area (Å²) >= 11 is 0. The van der Waals surface area contributed by atoms with E-state index in [9.17, 15) is 9.18 Å². The molecule has 0 radical (unpaired) electrons. The Hall–Kier alpha value is -1.58. The van der Waals surface area contributed by atoms with Crippen LogP contribution in [-0.2, 0) is 10.2 Å². The van der Waals surface area contributed by atoms with Crippen molar-refractivity contribution >= 4 is 5.97 Å². The van der Waals surface area contributed by atoms with E-state index in [1.165, 1.54) is 51.2 Å². The number of ether oxygens (including phenoxy) is 2. The van der Waals surface area contributed by atoms with E-state index < -0.39 is 12.8 Å². The molecule has 0 saturated heterocycles. The average Bonchev–Trinajstić information content (AvgIpc) is 2.53. The van der Waals surface area contributed by atoms with Crippen molar-refractivity contribution in [2.75, 3.05) is 14.0 Å². The summed E-state index contributed by atoms with van der Waals surface area (Å²) in [5.41, 5.74) is 1.76. The zero-order valence-corrected chi connectivity index (χ0v) is 13.5. The fourth-order valence-electron chi connectivity index (χ4n) is 5.78. The third-order valence-electron chi connectivity index (χ3n) is 6.25. The van der Waals surface area contributed by atoms with Crippen LogP contribution in [0.5, 0.6) is 5.75 Å². The van der Waals surface area contributed by atoms with Gasteiger partial charge in [-0.2, -0.15) is 0 Å².